The number of ether oxygens (including phenoxy) is 2. The SMILES string of the molecule is C=C(CCNC(=O)COc1ccc(C(F)(F)F)nc1)n1cnc(C2CC(OC(F)(F)F)C2)c1. The van der Waals surface area contributed by atoms with Crippen molar-refractivity contribution in [2.75, 3.05) is 13.2 Å². The Kier molecular flexibility index (Phi) is 7.30. The minimum absolute atomic E-state index is 0.0207. The lowest BCUT2D eigenvalue weighted by Gasteiger charge is -2.34. The summed E-state index contributed by atoms with van der Waals surface area (Å²) in [5.74, 6) is -0.588. The van der Waals surface area contributed by atoms with E-state index in [1.807, 2.05) is 0 Å². The maximum atomic E-state index is 12.5. The summed E-state index contributed by atoms with van der Waals surface area (Å²) in [5, 5.41) is 2.59. The Labute approximate surface area is 184 Å². The zero-order chi connectivity index (χ0) is 24.2. The van der Waals surface area contributed by atoms with E-state index in [4.69, 9.17) is 4.74 Å². The van der Waals surface area contributed by atoms with Crippen LogP contribution in [0.5, 0.6) is 5.75 Å². The van der Waals surface area contributed by atoms with Crippen LogP contribution in [-0.4, -0.2) is 46.1 Å². The summed E-state index contributed by atoms with van der Waals surface area (Å²) in [6.07, 6.45) is -5.19. The molecule has 1 N–H and O–H groups in total. The summed E-state index contributed by atoms with van der Waals surface area (Å²) in [6.45, 7) is 3.70. The van der Waals surface area contributed by atoms with Crippen molar-refractivity contribution in [1.29, 1.82) is 0 Å². The number of hydrogen-bond donors (Lipinski definition) is 1. The lowest BCUT2D eigenvalue weighted by Crippen LogP contribution is -2.34. The van der Waals surface area contributed by atoms with Crippen LogP contribution in [-0.2, 0) is 15.7 Å². The maximum Gasteiger partial charge on any atom is 0.522 e. The highest BCUT2D eigenvalue weighted by molar-refractivity contribution is 5.77. The topological polar surface area (TPSA) is 78.3 Å². The maximum absolute atomic E-state index is 12.5. The molecule has 1 saturated carbocycles. The van der Waals surface area contributed by atoms with E-state index < -0.39 is 36.9 Å². The molecule has 1 aliphatic carbocycles. The van der Waals surface area contributed by atoms with Gasteiger partial charge in [-0.2, -0.15) is 13.2 Å². The second-order valence-electron chi connectivity index (χ2n) is 7.39. The van der Waals surface area contributed by atoms with Crippen LogP contribution in [0.1, 0.15) is 36.6 Å². The van der Waals surface area contributed by atoms with Gasteiger partial charge < -0.3 is 14.6 Å². The number of halogens is 6. The van der Waals surface area contributed by atoms with Gasteiger partial charge in [-0.3, -0.25) is 9.53 Å². The first-order valence-corrected chi connectivity index (χ1v) is 9.80. The van der Waals surface area contributed by atoms with E-state index in [0.717, 1.165) is 18.3 Å². The number of hydrogen-bond acceptors (Lipinski definition) is 5. The van der Waals surface area contributed by atoms with Crippen LogP contribution in [0, 0.1) is 0 Å². The second-order valence-corrected chi connectivity index (χ2v) is 7.39. The van der Waals surface area contributed by atoms with Crippen LogP contribution in [0.4, 0.5) is 26.3 Å². The molecule has 0 bridgehead atoms. The van der Waals surface area contributed by atoms with Crippen molar-refractivity contribution >= 4 is 11.6 Å². The van der Waals surface area contributed by atoms with Crippen molar-refractivity contribution in [2.45, 2.75) is 43.8 Å². The number of amides is 1. The van der Waals surface area contributed by atoms with E-state index in [2.05, 4.69) is 26.6 Å². The molecule has 0 saturated heterocycles. The van der Waals surface area contributed by atoms with Gasteiger partial charge in [-0.25, -0.2) is 9.97 Å². The van der Waals surface area contributed by atoms with Gasteiger partial charge in [0, 0.05) is 30.8 Å². The summed E-state index contributed by atoms with van der Waals surface area (Å²) in [5.41, 5.74) is 0.178. The molecule has 0 spiro atoms. The highest BCUT2D eigenvalue weighted by Gasteiger charge is 2.41. The summed E-state index contributed by atoms with van der Waals surface area (Å²) >= 11 is 0. The molecule has 13 heteroatoms. The van der Waals surface area contributed by atoms with E-state index >= 15 is 0 Å². The number of nitrogens with zero attached hydrogens (tertiary/aromatic N) is 3. The van der Waals surface area contributed by atoms with Gasteiger partial charge in [-0.1, -0.05) is 6.58 Å². The number of alkyl halides is 6. The molecule has 0 unspecified atom stereocenters. The van der Waals surface area contributed by atoms with Gasteiger partial charge in [0.2, 0.25) is 0 Å². The highest BCUT2D eigenvalue weighted by atomic mass is 19.4. The molecule has 0 aromatic carbocycles. The molecule has 1 fully saturated rings. The standard InChI is InChI=1S/C20H20F6N4O3/c1-12(30-9-16(29-11-30)13-6-15(7-13)33-20(24,25)26)4-5-27-18(31)10-32-14-2-3-17(28-8-14)19(21,22)23/h2-3,8-9,11,13,15H,1,4-7,10H2,(H,27,31). The first-order chi connectivity index (χ1) is 15.4. The van der Waals surface area contributed by atoms with Gasteiger partial charge in [0.15, 0.2) is 6.61 Å². The van der Waals surface area contributed by atoms with Crippen molar-refractivity contribution in [3.63, 3.8) is 0 Å². The fourth-order valence-electron chi connectivity index (χ4n) is 3.12. The minimum Gasteiger partial charge on any atom is -0.482 e. The largest absolute Gasteiger partial charge is 0.522 e. The van der Waals surface area contributed by atoms with Gasteiger partial charge in [-0.05, 0) is 25.0 Å². The predicted octanol–water partition coefficient (Wildman–Crippen LogP) is 4.14. The highest BCUT2D eigenvalue weighted by Crippen LogP contribution is 2.40. The van der Waals surface area contributed by atoms with Gasteiger partial charge in [0.05, 0.1) is 24.3 Å². The molecular formula is C20H20F6N4O3. The van der Waals surface area contributed by atoms with Gasteiger partial charge in [0.1, 0.15) is 11.4 Å². The quantitative estimate of drug-likeness (QED) is 0.549. The zero-order valence-electron chi connectivity index (χ0n) is 17.1. The Morgan fingerprint density at radius 1 is 1.18 bits per heavy atom. The molecule has 2 heterocycles. The molecule has 0 radical (unpaired) electrons. The summed E-state index contributed by atoms with van der Waals surface area (Å²) in [4.78, 5) is 19.3. The van der Waals surface area contributed by atoms with Crippen molar-refractivity contribution in [1.82, 2.24) is 19.9 Å². The average molecular weight is 478 g/mol. The van der Waals surface area contributed by atoms with Crippen LogP contribution in [0.15, 0.2) is 37.4 Å². The van der Waals surface area contributed by atoms with E-state index in [-0.39, 0.29) is 31.1 Å². The molecule has 2 aromatic rings. The Hall–Kier alpha value is -3.09. The summed E-state index contributed by atoms with van der Waals surface area (Å²) in [7, 11) is 0. The number of carbonyl (C=O) groups is 1. The lowest BCUT2D eigenvalue weighted by atomic mass is 9.80. The number of aromatic nitrogens is 3. The van der Waals surface area contributed by atoms with Gasteiger partial charge in [0.25, 0.3) is 5.91 Å². The fourth-order valence-corrected chi connectivity index (χ4v) is 3.12. The Morgan fingerprint density at radius 2 is 1.91 bits per heavy atom. The van der Waals surface area contributed by atoms with E-state index in [1.165, 1.54) is 6.33 Å². The van der Waals surface area contributed by atoms with Crippen LogP contribution in [0.2, 0.25) is 0 Å². The zero-order valence-corrected chi connectivity index (χ0v) is 17.1. The van der Waals surface area contributed by atoms with E-state index in [9.17, 15) is 31.1 Å². The van der Waals surface area contributed by atoms with Crippen LogP contribution < -0.4 is 10.1 Å². The average Bonchev–Trinajstić information content (AvgIpc) is 3.17. The van der Waals surface area contributed by atoms with Crippen molar-refractivity contribution in [3.05, 3.63) is 48.8 Å². The normalized spacial score (nSPS) is 18.5. The summed E-state index contributed by atoms with van der Waals surface area (Å²) in [6, 6.07) is 1.82. The second kappa shape index (κ2) is 9.81. The molecule has 3 rings (SSSR count). The van der Waals surface area contributed by atoms with Gasteiger partial charge in [-0.15, -0.1) is 13.2 Å². The molecular weight excluding hydrogens is 458 g/mol. The Morgan fingerprint density at radius 3 is 2.52 bits per heavy atom. The monoisotopic (exact) mass is 478 g/mol. The number of rotatable bonds is 9. The van der Waals surface area contributed by atoms with Crippen LogP contribution in [0.3, 0.4) is 0 Å². The van der Waals surface area contributed by atoms with Gasteiger partial charge >= 0.3 is 12.5 Å². The third kappa shape index (κ3) is 7.20. The molecule has 180 valence electrons. The van der Waals surface area contributed by atoms with E-state index in [1.54, 1.807) is 10.8 Å². The molecule has 1 amide bonds. The third-order valence-corrected chi connectivity index (χ3v) is 4.91. The molecule has 33 heavy (non-hydrogen) atoms. The van der Waals surface area contributed by atoms with Crippen molar-refractivity contribution in [2.24, 2.45) is 0 Å². The molecule has 2 aromatic heterocycles. The Balaban J connectivity index is 1.35. The van der Waals surface area contributed by atoms with E-state index in [0.29, 0.717) is 17.8 Å². The van der Waals surface area contributed by atoms with Crippen LogP contribution in [0.25, 0.3) is 5.70 Å². The number of nitrogens with one attached hydrogen (secondary N) is 1. The molecule has 7 nitrogen and oxygen atoms in total. The van der Waals surface area contributed by atoms with Crippen molar-refractivity contribution < 1.29 is 40.6 Å². The lowest BCUT2D eigenvalue weighted by molar-refractivity contribution is -0.351. The first kappa shape index (κ1) is 24.6. The summed E-state index contributed by atoms with van der Waals surface area (Å²) < 4.78 is 84.7. The number of carbonyl (C=O) groups excluding carboxylic acids is 1. The molecule has 0 aliphatic heterocycles. The number of imidazole rings is 1. The smallest absolute Gasteiger partial charge is 0.482 e. The first-order valence-electron chi connectivity index (χ1n) is 9.80. The fraction of sp³-hybridized carbons (Fsp3) is 0.450. The predicted molar refractivity (Wildman–Crippen MR) is 103 cm³/mol. The molecule has 1 aliphatic rings. The number of pyridine rings is 1. The van der Waals surface area contributed by atoms with Crippen molar-refractivity contribution in [3.8, 4) is 5.75 Å². The Bertz CT molecular complexity index is 965. The minimum atomic E-state index is -4.65. The van der Waals surface area contributed by atoms with Crippen LogP contribution >= 0.6 is 0 Å². The third-order valence-electron chi connectivity index (χ3n) is 4.91. The molecule has 0 atom stereocenters.